The maximum atomic E-state index is 13.3. The van der Waals surface area contributed by atoms with Gasteiger partial charge >= 0.3 is 6.18 Å². The third-order valence-corrected chi connectivity index (χ3v) is 7.94. The fraction of sp³-hybridized carbons (Fsp3) is 0.625. The molecule has 3 aromatic rings. The van der Waals surface area contributed by atoms with Gasteiger partial charge in [-0.2, -0.15) is 18.2 Å². The molecule has 3 aromatic heterocycles. The number of hydrogen-bond donors (Lipinski definition) is 1. The van der Waals surface area contributed by atoms with Crippen molar-refractivity contribution in [1.29, 1.82) is 0 Å². The van der Waals surface area contributed by atoms with E-state index in [1.54, 1.807) is 11.3 Å². The predicted octanol–water partition coefficient (Wildman–Crippen LogP) is 4.02. The van der Waals surface area contributed by atoms with Crippen molar-refractivity contribution in [3.05, 3.63) is 22.6 Å². The summed E-state index contributed by atoms with van der Waals surface area (Å²) in [4.78, 5) is 28.0. The summed E-state index contributed by atoms with van der Waals surface area (Å²) in [6, 6.07) is 2.11. The van der Waals surface area contributed by atoms with Crippen LogP contribution in [0.15, 0.2) is 6.07 Å². The van der Waals surface area contributed by atoms with Crippen LogP contribution in [-0.2, 0) is 30.5 Å². The lowest BCUT2D eigenvalue weighted by atomic mass is 10.1. The highest BCUT2D eigenvalue weighted by Crippen LogP contribution is 2.36. The minimum atomic E-state index is -4.53. The number of amides is 1. The van der Waals surface area contributed by atoms with E-state index in [0.717, 1.165) is 59.4 Å². The molecule has 5 rings (SSSR count). The molecule has 0 saturated carbocycles. The fourth-order valence-electron chi connectivity index (χ4n) is 5.00. The lowest BCUT2D eigenvalue weighted by Gasteiger charge is -2.30. The quantitative estimate of drug-likeness (QED) is 0.465. The first kappa shape index (κ1) is 25.7. The molecule has 0 aromatic carbocycles. The second kappa shape index (κ2) is 10.4. The summed E-state index contributed by atoms with van der Waals surface area (Å²) >= 11 is 1.64. The summed E-state index contributed by atoms with van der Waals surface area (Å²) in [7, 11) is 0. The molecule has 2 aliphatic heterocycles. The molecule has 2 aliphatic rings. The van der Waals surface area contributed by atoms with E-state index in [1.807, 2.05) is 11.8 Å². The predicted molar refractivity (Wildman–Crippen MR) is 136 cm³/mol. The number of rotatable bonds is 8. The van der Waals surface area contributed by atoms with Gasteiger partial charge in [0.2, 0.25) is 17.7 Å². The second-order valence-corrected chi connectivity index (χ2v) is 10.8. The zero-order valence-electron chi connectivity index (χ0n) is 21.0. The molecule has 0 unspecified atom stereocenters. The van der Waals surface area contributed by atoms with Crippen molar-refractivity contribution in [3.8, 4) is 0 Å². The van der Waals surface area contributed by atoms with Gasteiger partial charge in [0, 0.05) is 44.0 Å². The van der Waals surface area contributed by atoms with Gasteiger partial charge in [-0.05, 0) is 31.2 Å². The number of aryl methyl sites for hydroxylation is 1. The first-order valence-electron chi connectivity index (χ1n) is 12.8. The third kappa shape index (κ3) is 5.36. The summed E-state index contributed by atoms with van der Waals surface area (Å²) in [6.45, 7) is 6.97. The number of carbonyl (C=O) groups excluding carboxylic acids is 1. The highest BCUT2D eigenvalue weighted by molar-refractivity contribution is 7.18. The standard InChI is InChI=1S/C24H31F3N8OS/c1-3-5-16-11-17-20(33-9-10-35-18(14-33)31-32-22(35)24(25,26)27)29-23(30-21(17)37-16)34-8-7-15(13-34)12-28-19(36)6-4-2/h11,15H,3-10,12-14H2,1-2H3,(H,28,36)/t15-/m1/s1. The van der Waals surface area contributed by atoms with Crippen LogP contribution in [0.1, 0.15) is 56.1 Å². The van der Waals surface area contributed by atoms with Crippen molar-refractivity contribution in [3.63, 3.8) is 0 Å². The molecule has 0 aliphatic carbocycles. The Balaban J connectivity index is 1.41. The van der Waals surface area contributed by atoms with Crippen molar-refractivity contribution < 1.29 is 18.0 Å². The van der Waals surface area contributed by atoms with E-state index in [2.05, 4.69) is 33.4 Å². The Labute approximate surface area is 217 Å². The van der Waals surface area contributed by atoms with E-state index < -0.39 is 12.0 Å². The second-order valence-electron chi connectivity index (χ2n) is 9.69. The van der Waals surface area contributed by atoms with Gasteiger partial charge in [0.05, 0.1) is 11.9 Å². The van der Waals surface area contributed by atoms with Crippen molar-refractivity contribution >= 4 is 39.2 Å². The van der Waals surface area contributed by atoms with Crippen molar-refractivity contribution in [2.45, 2.75) is 65.2 Å². The van der Waals surface area contributed by atoms with Crippen LogP contribution in [0, 0.1) is 5.92 Å². The Morgan fingerprint density at radius 3 is 2.73 bits per heavy atom. The molecule has 13 heteroatoms. The minimum Gasteiger partial charge on any atom is -0.356 e. The zero-order valence-corrected chi connectivity index (χ0v) is 21.8. The summed E-state index contributed by atoms with van der Waals surface area (Å²) in [5.74, 6) is 1.07. The summed E-state index contributed by atoms with van der Waals surface area (Å²) < 4.78 is 41.1. The average Bonchev–Trinajstić information content (AvgIpc) is 3.59. The van der Waals surface area contributed by atoms with Crippen LogP contribution in [0.5, 0.6) is 0 Å². The Morgan fingerprint density at radius 1 is 1.14 bits per heavy atom. The first-order chi connectivity index (χ1) is 17.8. The van der Waals surface area contributed by atoms with Crippen LogP contribution >= 0.6 is 11.3 Å². The van der Waals surface area contributed by atoms with E-state index in [1.165, 1.54) is 4.88 Å². The van der Waals surface area contributed by atoms with E-state index in [4.69, 9.17) is 9.97 Å². The maximum absolute atomic E-state index is 13.3. The van der Waals surface area contributed by atoms with Crippen LogP contribution in [0.25, 0.3) is 10.2 Å². The van der Waals surface area contributed by atoms with Crippen molar-refractivity contribution in [2.24, 2.45) is 5.92 Å². The zero-order chi connectivity index (χ0) is 26.2. The number of hydrogen-bond acceptors (Lipinski definition) is 8. The molecule has 200 valence electrons. The van der Waals surface area contributed by atoms with Gasteiger partial charge in [0.25, 0.3) is 0 Å². The topological polar surface area (TPSA) is 92.1 Å². The number of alkyl halides is 3. The van der Waals surface area contributed by atoms with Crippen LogP contribution < -0.4 is 15.1 Å². The number of aromatic nitrogens is 5. The van der Waals surface area contributed by atoms with Crippen LogP contribution in [0.4, 0.5) is 24.9 Å². The number of anilines is 2. The Bertz CT molecular complexity index is 1270. The molecule has 1 N–H and O–H groups in total. The molecule has 0 radical (unpaired) electrons. The Hall–Kier alpha value is -2.96. The third-order valence-electron chi connectivity index (χ3n) is 6.85. The molecular weight excluding hydrogens is 505 g/mol. The van der Waals surface area contributed by atoms with Gasteiger partial charge in [0.1, 0.15) is 10.6 Å². The molecule has 0 spiro atoms. The Kier molecular flexibility index (Phi) is 7.24. The number of thiophene rings is 1. The molecule has 1 saturated heterocycles. The van der Waals surface area contributed by atoms with Gasteiger partial charge in [0.15, 0.2) is 5.82 Å². The minimum absolute atomic E-state index is 0.0783. The molecule has 9 nitrogen and oxygen atoms in total. The van der Waals surface area contributed by atoms with Gasteiger partial charge in [-0.25, -0.2) is 4.98 Å². The first-order valence-corrected chi connectivity index (χ1v) is 13.6. The fourth-order valence-corrected chi connectivity index (χ4v) is 6.12. The van der Waals surface area contributed by atoms with Crippen LogP contribution in [0.3, 0.4) is 0 Å². The number of nitrogens with one attached hydrogen (secondary N) is 1. The van der Waals surface area contributed by atoms with E-state index in [0.29, 0.717) is 31.4 Å². The molecule has 1 amide bonds. The SMILES string of the molecule is CCCC(=O)NC[C@H]1CCN(c2nc(N3CCn4c(nnc4C(F)(F)F)C3)c3cc(CCC)sc3n2)C1. The molecular formula is C24H31F3N8OS. The van der Waals surface area contributed by atoms with Crippen molar-refractivity contribution in [2.75, 3.05) is 36.0 Å². The highest BCUT2D eigenvalue weighted by Gasteiger charge is 2.40. The number of carbonyl (C=O) groups is 1. The summed E-state index contributed by atoms with van der Waals surface area (Å²) in [6.07, 6.45) is -0.305. The van der Waals surface area contributed by atoms with Crippen molar-refractivity contribution in [1.82, 2.24) is 30.0 Å². The summed E-state index contributed by atoms with van der Waals surface area (Å²) in [5.41, 5.74) is 0. The van der Waals surface area contributed by atoms with Gasteiger partial charge in [-0.1, -0.05) is 20.3 Å². The normalized spacial score (nSPS) is 18.0. The lowest BCUT2D eigenvalue weighted by Crippen LogP contribution is -2.36. The van der Waals surface area contributed by atoms with Gasteiger partial charge in [-0.15, -0.1) is 21.5 Å². The molecule has 1 fully saturated rings. The average molecular weight is 537 g/mol. The molecule has 37 heavy (non-hydrogen) atoms. The summed E-state index contributed by atoms with van der Waals surface area (Å²) in [5, 5.41) is 11.2. The largest absolute Gasteiger partial charge is 0.451 e. The smallest absolute Gasteiger partial charge is 0.356 e. The molecule has 1 atom stereocenters. The van der Waals surface area contributed by atoms with E-state index in [9.17, 15) is 18.0 Å². The number of halogens is 3. The van der Waals surface area contributed by atoms with Gasteiger partial charge in [-0.3, -0.25) is 4.79 Å². The number of nitrogens with zero attached hydrogens (tertiary/aromatic N) is 7. The van der Waals surface area contributed by atoms with E-state index >= 15 is 0 Å². The highest BCUT2D eigenvalue weighted by atomic mass is 32.1. The van der Waals surface area contributed by atoms with E-state index in [-0.39, 0.29) is 24.8 Å². The van der Waals surface area contributed by atoms with Gasteiger partial charge < -0.3 is 19.7 Å². The Morgan fingerprint density at radius 2 is 1.97 bits per heavy atom. The monoisotopic (exact) mass is 536 g/mol. The maximum Gasteiger partial charge on any atom is 0.451 e. The lowest BCUT2D eigenvalue weighted by molar-refractivity contribution is -0.147. The van der Waals surface area contributed by atoms with Crippen LogP contribution in [-0.4, -0.2) is 56.8 Å². The molecule has 0 bridgehead atoms. The number of fused-ring (bicyclic) bond motifs is 2. The molecule has 5 heterocycles. The van der Waals surface area contributed by atoms with Crippen LogP contribution in [0.2, 0.25) is 0 Å².